The summed E-state index contributed by atoms with van der Waals surface area (Å²) in [4.78, 5) is 22.8. The topological polar surface area (TPSA) is 101 Å². The molecule has 0 bridgehead atoms. The van der Waals surface area contributed by atoms with Gasteiger partial charge in [0.2, 0.25) is 16.0 Å². The quantitative estimate of drug-likeness (QED) is 0.735. The van der Waals surface area contributed by atoms with Crippen molar-refractivity contribution in [1.82, 2.24) is 24.7 Å². The van der Waals surface area contributed by atoms with Crippen LogP contribution in [-0.4, -0.2) is 38.8 Å². The van der Waals surface area contributed by atoms with Crippen molar-refractivity contribution in [2.45, 2.75) is 19.9 Å². The second-order valence-corrected chi connectivity index (χ2v) is 5.73. The summed E-state index contributed by atoms with van der Waals surface area (Å²) < 4.78 is 6.39. The molecule has 3 aromatic heterocycles. The highest BCUT2D eigenvalue weighted by Gasteiger charge is 2.11. The molecule has 0 spiro atoms. The van der Waals surface area contributed by atoms with Crippen LogP contribution in [0.4, 0.5) is 11.1 Å². The molecule has 0 aliphatic carbocycles. The van der Waals surface area contributed by atoms with Crippen molar-refractivity contribution >= 4 is 27.4 Å². The monoisotopic (exact) mass is 321 g/mol. The largest absolute Gasteiger partial charge is 0.351 e. The van der Waals surface area contributed by atoms with E-state index >= 15 is 0 Å². The molecule has 116 valence electrons. The van der Waals surface area contributed by atoms with Gasteiger partial charge in [-0.15, -0.1) is 5.10 Å². The average molecular weight is 321 g/mol. The van der Waals surface area contributed by atoms with Crippen LogP contribution in [0.3, 0.4) is 0 Å². The highest BCUT2D eigenvalue weighted by Crippen LogP contribution is 2.17. The molecule has 10 heteroatoms. The Labute approximate surface area is 129 Å². The zero-order valence-corrected chi connectivity index (χ0v) is 13.2. The van der Waals surface area contributed by atoms with E-state index in [2.05, 4.69) is 25.5 Å². The van der Waals surface area contributed by atoms with Gasteiger partial charge in [0.25, 0.3) is 11.5 Å². The van der Waals surface area contributed by atoms with Crippen LogP contribution in [0.5, 0.6) is 0 Å². The van der Waals surface area contributed by atoms with E-state index in [1.54, 1.807) is 4.90 Å². The van der Waals surface area contributed by atoms with Crippen molar-refractivity contribution in [2.75, 3.05) is 24.3 Å². The molecule has 1 N–H and O–H groups in total. The van der Waals surface area contributed by atoms with Crippen LogP contribution in [0.15, 0.2) is 15.4 Å². The summed E-state index contributed by atoms with van der Waals surface area (Å²) in [6.07, 6.45) is 0.710. The second kappa shape index (κ2) is 5.72. The number of hydrogen-bond donors (Lipinski definition) is 1. The van der Waals surface area contributed by atoms with Crippen molar-refractivity contribution in [3.8, 4) is 0 Å². The lowest BCUT2D eigenvalue weighted by molar-refractivity contribution is 0.383. The molecular weight excluding hydrogens is 306 g/mol. The third-order valence-corrected chi connectivity index (χ3v) is 3.77. The molecule has 3 aromatic rings. The molecule has 0 saturated heterocycles. The first-order chi connectivity index (χ1) is 10.6. The Morgan fingerprint density at radius 3 is 2.91 bits per heavy atom. The molecule has 0 amide bonds. The first-order valence-electron chi connectivity index (χ1n) is 6.70. The molecule has 0 unspecified atom stereocenters. The molecule has 3 rings (SSSR count). The van der Waals surface area contributed by atoms with Gasteiger partial charge in [-0.3, -0.25) is 4.79 Å². The lowest BCUT2D eigenvalue weighted by Gasteiger charge is -2.02. The van der Waals surface area contributed by atoms with Gasteiger partial charge in [-0.05, 0) is 11.6 Å². The fraction of sp³-hybridized carbons (Fsp3) is 0.417. The summed E-state index contributed by atoms with van der Waals surface area (Å²) in [6, 6.07) is 1.50. The minimum absolute atomic E-state index is 0.182. The maximum Gasteiger partial charge on any atom is 0.275 e. The normalized spacial score (nSPS) is 11.0. The lowest BCUT2D eigenvalue weighted by Crippen LogP contribution is -2.15. The Morgan fingerprint density at radius 1 is 1.41 bits per heavy atom. The fourth-order valence-corrected chi connectivity index (χ4v) is 2.58. The average Bonchev–Trinajstić information content (AvgIpc) is 3.11. The van der Waals surface area contributed by atoms with E-state index in [4.69, 9.17) is 4.52 Å². The zero-order chi connectivity index (χ0) is 15.7. The highest BCUT2D eigenvalue weighted by molar-refractivity contribution is 7.20. The SMILES string of the molecule is CCc1cc(=O)n2nc(NCc3nc(N(C)C)no3)sc2n1. The molecule has 0 aromatic carbocycles. The Kier molecular flexibility index (Phi) is 3.75. The summed E-state index contributed by atoms with van der Waals surface area (Å²) in [6.45, 7) is 2.28. The predicted octanol–water partition coefficient (Wildman–Crippen LogP) is 0.774. The van der Waals surface area contributed by atoms with E-state index in [1.165, 1.54) is 21.9 Å². The zero-order valence-electron chi connectivity index (χ0n) is 12.4. The predicted molar refractivity (Wildman–Crippen MR) is 82.5 cm³/mol. The van der Waals surface area contributed by atoms with E-state index < -0.39 is 0 Å². The van der Waals surface area contributed by atoms with Crippen LogP contribution in [0.25, 0.3) is 4.96 Å². The van der Waals surface area contributed by atoms with E-state index in [-0.39, 0.29) is 5.56 Å². The Morgan fingerprint density at radius 2 is 2.23 bits per heavy atom. The number of nitrogens with one attached hydrogen (secondary N) is 1. The first kappa shape index (κ1) is 14.4. The van der Waals surface area contributed by atoms with Gasteiger partial charge in [-0.2, -0.15) is 9.50 Å². The summed E-state index contributed by atoms with van der Waals surface area (Å²) >= 11 is 1.30. The van der Waals surface area contributed by atoms with Crippen LogP contribution in [0.2, 0.25) is 0 Å². The molecule has 9 nitrogen and oxygen atoms in total. The molecule has 0 radical (unpaired) electrons. The third kappa shape index (κ3) is 2.77. The van der Waals surface area contributed by atoms with E-state index in [1.807, 2.05) is 21.0 Å². The molecule has 0 aliphatic heterocycles. The van der Waals surface area contributed by atoms with Gasteiger partial charge in [0.05, 0.1) is 6.54 Å². The lowest BCUT2D eigenvalue weighted by atomic mass is 10.3. The molecule has 22 heavy (non-hydrogen) atoms. The number of fused-ring (bicyclic) bond motifs is 1. The van der Waals surface area contributed by atoms with Crippen molar-refractivity contribution < 1.29 is 4.52 Å². The van der Waals surface area contributed by atoms with Crippen LogP contribution in [0.1, 0.15) is 18.5 Å². The maximum atomic E-state index is 11.9. The summed E-state index contributed by atoms with van der Waals surface area (Å²) in [5.74, 6) is 0.948. The van der Waals surface area contributed by atoms with Crippen LogP contribution >= 0.6 is 11.3 Å². The second-order valence-electron chi connectivity index (χ2n) is 4.78. The number of nitrogens with zero attached hydrogens (tertiary/aromatic N) is 6. The van der Waals surface area contributed by atoms with Crippen molar-refractivity contribution in [2.24, 2.45) is 0 Å². The van der Waals surface area contributed by atoms with E-state index in [0.29, 0.717) is 34.9 Å². The Bertz CT molecular complexity index is 851. The molecule has 0 atom stereocenters. The standard InChI is InChI=1S/C12H15N7O2S/c1-4-7-5-9(20)19-12(14-7)22-11(16-19)13-6-8-15-10(17-21-8)18(2)3/h5H,4,6H2,1-3H3,(H,13,16). The molecule has 0 aliphatic rings. The van der Waals surface area contributed by atoms with Crippen LogP contribution in [0, 0.1) is 0 Å². The first-order valence-corrected chi connectivity index (χ1v) is 7.52. The molecule has 0 fully saturated rings. The van der Waals surface area contributed by atoms with Crippen LogP contribution < -0.4 is 15.8 Å². The van der Waals surface area contributed by atoms with Crippen molar-refractivity contribution in [3.63, 3.8) is 0 Å². The smallest absolute Gasteiger partial charge is 0.275 e. The third-order valence-electron chi connectivity index (χ3n) is 2.91. The number of aromatic nitrogens is 5. The van der Waals surface area contributed by atoms with Crippen molar-refractivity contribution in [3.05, 3.63) is 28.0 Å². The minimum atomic E-state index is -0.182. The van der Waals surface area contributed by atoms with Gasteiger partial charge in [0.1, 0.15) is 0 Å². The number of rotatable bonds is 5. The number of anilines is 2. The van der Waals surface area contributed by atoms with Crippen molar-refractivity contribution in [1.29, 1.82) is 0 Å². The van der Waals surface area contributed by atoms with Gasteiger partial charge < -0.3 is 14.7 Å². The maximum absolute atomic E-state index is 11.9. The molecule has 3 heterocycles. The number of hydrogen-bond acceptors (Lipinski definition) is 9. The Hall–Kier alpha value is -2.49. The molecular formula is C12H15N7O2S. The minimum Gasteiger partial charge on any atom is -0.351 e. The van der Waals surface area contributed by atoms with Gasteiger partial charge in [-0.1, -0.05) is 18.3 Å². The van der Waals surface area contributed by atoms with Gasteiger partial charge in [0.15, 0.2) is 0 Å². The number of aryl methyl sites for hydroxylation is 1. The summed E-state index contributed by atoms with van der Waals surface area (Å²) in [7, 11) is 3.66. The van der Waals surface area contributed by atoms with E-state index in [0.717, 1.165) is 5.69 Å². The summed E-state index contributed by atoms with van der Waals surface area (Å²) in [5.41, 5.74) is 0.576. The van der Waals surface area contributed by atoms with E-state index in [9.17, 15) is 4.79 Å². The van der Waals surface area contributed by atoms with Crippen LogP contribution in [-0.2, 0) is 13.0 Å². The van der Waals surface area contributed by atoms with Gasteiger partial charge >= 0.3 is 0 Å². The summed E-state index contributed by atoms with van der Waals surface area (Å²) in [5, 5.41) is 11.6. The van der Waals surface area contributed by atoms with Gasteiger partial charge in [-0.25, -0.2) is 4.98 Å². The fourth-order valence-electron chi connectivity index (χ4n) is 1.76. The molecule has 0 saturated carbocycles. The Balaban J connectivity index is 1.79. The van der Waals surface area contributed by atoms with Gasteiger partial charge in [0, 0.05) is 25.9 Å². The highest BCUT2D eigenvalue weighted by atomic mass is 32.1.